The molecule has 0 spiro atoms. The molecule has 0 N–H and O–H groups in total. The Hall–Kier alpha value is -0.880. The third-order valence-corrected chi connectivity index (χ3v) is 15.2. The van der Waals surface area contributed by atoms with Gasteiger partial charge in [-0.15, -0.1) is 11.8 Å². The Morgan fingerprint density at radius 1 is 0.389 bits per heavy atom. The Labute approximate surface area is 220 Å². The molecule has 192 valence electrons. The summed E-state index contributed by atoms with van der Waals surface area (Å²) in [7, 11) is 0. The van der Waals surface area contributed by atoms with Gasteiger partial charge >= 0.3 is 0 Å². The van der Waals surface area contributed by atoms with E-state index in [-0.39, 0.29) is 0 Å². The van der Waals surface area contributed by atoms with Gasteiger partial charge in [-0.05, 0) is 187 Å². The molecular weight excluding hydrogens is 432 g/mol. The molecule has 12 rings (SSSR count). The zero-order chi connectivity index (χ0) is 24.0. The first-order chi connectivity index (χ1) is 17.3. The minimum atomic E-state index is 0.400. The maximum absolute atomic E-state index is 3.92. The minimum Gasteiger partial charge on any atom is -0.106 e. The topological polar surface area (TPSA) is 0 Å². The van der Waals surface area contributed by atoms with Gasteiger partial charge in [-0.25, -0.2) is 0 Å². The number of hydrogen-bond donors (Lipinski definition) is 0. The summed E-state index contributed by atoms with van der Waals surface area (Å²) in [6.45, 7) is 4.26. The van der Waals surface area contributed by atoms with Crippen molar-refractivity contribution in [2.45, 2.75) is 129 Å². The first kappa shape index (κ1) is 22.0. The molecular formula is C36H48. The zero-order valence-electron chi connectivity index (χ0n) is 23.2. The van der Waals surface area contributed by atoms with Crippen molar-refractivity contribution in [3.8, 4) is 23.7 Å². The summed E-state index contributed by atoms with van der Waals surface area (Å²) in [6, 6.07) is 0. The lowest BCUT2D eigenvalue weighted by atomic mass is 9.27. The standard InChI is InChI=1S/C36H48/c1-3-5-31-10-25-7-26(11-31)15-33(14-25,22-31)35-18-29-9-30(19-35)21-36(20-29,24-35)34-16-27-8-28(17-34)13-32(12-27,23-34)6-4-2/h25-30H,7-24H2,1-2H3. The second kappa shape index (κ2) is 6.63. The molecule has 12 aliphatic carbocycles. The molecule has 0 aromatic rings. The lowest BCUT2D eigenvalue weighted by Gasteiger charge is -2.77. The SMILES string of the molecule is CC#CC12CC3CC(C1)CC(C14CC5CC(C1)CC(C16CC7CC(CC(C#CC)(C7)C1)C6)(C5)C4)(C3)C2. The Morgan fingerprint density at radius 3 is 0.972 bits per heavy atom. The highest BCUT2D eigenvalue weighted by Gasteiger charge is 2.74. The summed E-state index contributed by atoms with van der Waals surface area (Å²) in [5.74, 6) is 20.9. The van der Waals surface area contributed by atoms with Crippen LogP contribution in [0.1, 0.15) is 129 Å². The molecule has 0 aliphatic heterocycles. The van der Waals surface area contributed by atoms with Crippen molar-refractivity contribution in [2.75, 3.05) is 0 Å². The van der Waals surface area contributed by atoms with Gasteiger partial charge in [0.1, 0.15) is 0 Å². The highest BCUT2D eigenvalue weighted by atomic mass is 14.8. The lowest BCUT2D eigenvalue weighted by molar-refractivity contribution is -0.275. The predicted molar refractivity (Wildman–Crippen MR) is 146 cm³/mol. The minimum absolute atomic E-state index is 0.400. The molecule has 12 saturated carbocycles. The largest absolute Gasteiger partial charge is 0.106 e. The van der Waals surface area contributed by atoms with E-state index in [1.165, 1.54) is 38.5 Å². The van der Waals surface area contributed by atoms with Crippen LogP contribution in [-0.2, 0) is 0 Å². The van der Waals surface area contributed by atoms with Gasteiger partial charge in [0.15, 0.2) is 0 Å². The molecule has 0 amide bonds. The van der Waals surface area contributed by atoms with Gasteiger partial charge in [-0.2, -0.15) is 0 Å². The zero-order valence-corrected chi connectivity index (χ0v) is 23.2. The van der Waals surface area contributed by atoms with Crippen LogP contribution in [0.15, 0.2) is 0 Å². The predicted octanol–water partition coefficient (Wildman–Crippen LogP) is 8.79. The third-order valence-electron chi connectivity index (χ3n) is 15.2. The first-order valence-corrected chi connectivity index (χ1v) is 16.2. The Balaban J connectivity index is 1.15. The van der Waals surface area contributed by atoms with E-state index < -0.39 is 0 Å². The van der Waals surface area contributed by atoms with E-state index in [4.69, 9.17) is 0 Å². The smallest absolute Gasteiger partial charge is 0.0325 e. The van der Waals surface area contributed by atoms with Gasteiger partial charge in [0, 0.05) is 10.8 Å². The normalized spacial score (nSPS) is 62.6. The van der Waals surface area contributed by atoms with Gasteiger partial charge < -0.3 is 0 Å². The molecule has 12 aliphatic rings. The molecule has 0 aromatic carbocycles. The highest BCUT2D eigenvalue weighted by Crippen LogP contribution is 2.83. The lowest BCUT2D eigenvalue weighted by Crippen LogP contribution is -2.68. The Bertz CT molecular complexity index is 1000. The van der Waals surface area contributed by atoms with E-state index in [1.807, 2.05) is 0 Å². The highest BCUT2D eigenvalue weighted by molar-refractivity contribution is 5.29. The van der Waals surface area contributed by atoms with E-state index in [0.29, 0.717) is 32.5 Å². The summed E-state index contributed by atoms with van der Waals surface area (Å²) in [4.78, 5) is 0. The molecule has 4 unspecified atom stereocenters. The molecule has 4 atom stereocenters. The van der Waals surface area contributed by atoms with Crippen molar-refractivity contribution in [1.29, 1.82) is 0 Å². The van der Waals surface area contributed by atoms with Crippen molar-refractivity contribution >= 4 is 0 Å². The van der Waals surface area contributed by atoms with Crippen LogP contribution >= 0.6 is 0 Å². The van der Waals surface area contributed by atoms with Gasteiger partial charge in [-0.3, -0.25) is 0 Å². The van der Waals surface area contributed by atoms with Crippen LogP contribution in [0.3, 0.4) is 0 Å². The van der Waals surface area contributed by atoms with E-state index in [1.54, 1.807) is 77.0 Å². The fraction of sp³-hybridized carbons (Fsp3) is 0.889. The summed E-state index contributed by atoms with van der Waals surface area (Å²) < 4.78 is 0. The van der Waals surface area contributed by atoms with Crippen LogP contribution in [0.5, 0.6) is 0 Å². The quantitative estimate of drug-likeness (QED) is 0.346. The molecule has 0 radical (unpaired) electrons. The van der Waals surface area contributed by atoms with E-state index in [9.17, 15) is 0 Å². The first-order valence-electron chi connectivity index (χ1n) is 16.2. The van der Waals surface area contributed by atoms with E-state index in [2.05, 4.69) is 37.5 Å². The molecule has 0 heteroatoms. The average molecular weight is 481 g/mol. The maximum atomic E-state index is 3.92. The third kappa shape index (κ3) is 2.58. The average Bonchev–Trinajstić information content (AvgIpc) is 2.76. The van der Waals surface area contributed by atoms with Crippen molar-refractivity contribution in [3.63, 3.8) is 0 Å². The van der Waals surface area contributed by atoms with Crippen LogP contribution in [0.2, 0.25) is 0 Å². The van der Waals surface area contributed by atoms with Gasteiger partial charge in [0.2, 0.25) is 0 Å². The summed E-state index contributed by atoms with van der Waals surface area (Å²) >= 11 is 0. The summed E-state index contributed by atoms with van der Waals surface area (Å²) in [5.41, 5.74) is 3.43. The number of rotatable bonds is 2. The van der Waals surface area contributed by atoms with Crippen molar-refractivity contribution in [1.82, 2.24) is 0 Å². The van der Waals surface area contributed by atoms with Crippen LogP contribution < -0.4 is 0 Å². The fourth-order valence-electron chi connectivity index (χ4n) is 16.1. The van der Waals surface area contributed by atoms with Crippen LogP contribution in [-0.4, -0.2) is 0 Å². The van der Waals surface area contributed by atoms with Crippen LogP contribution in [0, 0.1) is 91.7 Å². The van der Waals surface area contributed by atoms with Gasteiger partial charge in [0.05, 0.1) is 0 Å². The van der Waals surface area contributed by atoms with Gasteiger partial charge in [0.25, 0.3) is 0 Å². The second-order valence-corrected chi connectivity index (χ2v) is 17.3. The maximum Gasteiger partial charge on any atom is 0.0325 e. The second-order valence-electron chi connectivity index (χ2n) is 17.3. The molecule has 0 aromatic heterocycles. The fourth-order valence-corrected chi connectivity index (χ4v) is 16.1. The monoisotopic (exact) mass is 480 g/mol. The summed E-state index contributed by atoms with van der Waals surface area (Å²) in [6.07, 6.45) is 27.9. The molecule has 36 heavy (non-hydrogen) atoms. The van der Waals surface area contributed by atoms with Crippen LogP contribution in [0.25, 0.3) is 0 Å². The van der Waals surface area contributed by atoms with E-state index in [0.717, 1.165) is 35.5 Å². The number of hydrogen-bond acceptors (Lipinski definition) is 0. The molecule has 0 nitrogen and oxygen atoms in total. The Kier molecular flexibility index (Phi) is 4.05. The molecule has 0 heterocycles. The van der Waals surface area contributed by atoms with Crippen molar-refractivity contribution in [2.24, 2.45) is 68.0 Å². The molecule has 0 saturated heterocycles. The molecule has 12 fully saturated rings. The van der Waals surface area contributed by atoms with Gasteiger partial charge in [-0.1, -0.05) is 11.8 Å². The summed E-state index contributed by atoms with van der Waals surface area (Å²) in [5, 5.41) is 0. The van der Waals surface area contributed by atoms with E-state index >= 15 is 0 Å². The van der Waals surface area contributed by atoms with Crippen molar-refractivity contribution < 1.29 is 0 Å². The molecule has 12 bridgehead atoms. The van der Waals surface area contributed by atoms with Crippen molar-refractivity contribution in [3.05, 3.63) is 0 Å². The van der Waals surface area contributed by atoms with Crippen LogP contribution in [0.4, 0.5) is 0 Å². The Morgan fingerprint density at radius 2 is 0.667 bits per heavy atom.